The number of nitrogens with zero attached hydrogens (tertiary/aromatic N) is 8. The minimum absolute atomic E-state index is 0.197. The van der Waals surface area contributed by atoms with Crippen molar-refractivity contribution in [1.29, 1.82) is 0 Å². The standard InChI is InChI=1S/C29H37N9O3/c1-19-9-8-10-22-24(19)38(28(40)41-29(2,3)4)14-13-37(22)23-15-20-16-30-27(33-25(20)35(7)26(23)39)32-21-17-31-36(18-21)12-11-34(5)6/h8-10,15-18H,11-14H2,1-7H3,(H,30,32,33). The quantitative estimate of drug-likeness (QED) is 0.374. The van der Waals surface area contributed by atoms with Gasteiger partial charge in [-0.3, -0.25) is 18.9 Å². The minimum atomic E-state index is -0.619. The summed E-state index contributed by atoms with van der Waals surface area (Å²) in [7, 11) is 5.74. The Kier molecular flexibility index (Phi) is 7.43. The molecule has 0 fully saturated rings. The van der Waals surface area contributed by atoms with Gasteiger partial charge in [0.2, 0.25) is 5.95 Å². The maximum Gasteiger partial charge on any atom is 0.414 e. The van der Waals surface area contributed by atoms with E-state index in [2.05, 4.69) is 25.3 Å². The van der Waals surface area contributed by atoms with E-state index in [-0.39, 0.29) is 5.56 Å². The van der Waals surface area contributed by atoms with Crippen LogP contribution in [0.25, 0.3) is 11.0 Å². The molecule has 1 aliphatic heterocycles. The fourth-order valence-corrected chi connectivity index (χ4v) is 4.86. The van der Waals surface area contributed by atoms with Crippen LogP contribution in [0.4, 0.5) is 33.5 Å². The predicted molar refractivity (Wildman–Crippen MR) is 161 cm³/mol. The Morgan fingerprint density at radius 1 is 1.15 bits per heavy atom. The Labute approximate surface area is 239 Å². The summed E-state index contributed by atoms with van der Waals surface area (Å²) in [6.07, 6.45) is 4.92. The molecule has 1 aromatic carbocycles. The lowest BCUT2D eigenvalue weighted by atomic mass is 10.1. The second kappa shape index (κ2) is 10.8. The van der Waals surface area contributed by atoms with Crippen LogP contribution in [0.3, 0.4) is 0 Å². The average molecular weight is 560 g/mol. The van der Waals surface area contributed by atoms with Crippen LogP contribution in [0, 0.1) is 6.92 Å². The molecule has 0 saturated carbocycles. The number of rotatable bonds is 6. The van der Waals surface area contributed by atoms with Crippen LogP contribution in [0.15, 0.2) is 47.7 Å². The number of carbonyl (C=O) groups excluding carboxylic acids is 1. The number of ether oxygens (including phenoxy) is 1. The average Bonchev–Trinajstić information content (AvgIpc) is 3.36. The smallest absolute Gasteiger partial charge is 0.414 e. The number of anilines is 5. The maximum atomic E-state index is 13.7. The Morgan fingerprint density at radius 2 is 1.93 bits per heavy atom. The minimum Gasteiger partial charge on any atom is -0.443 e. The van der Waals surface area contributed by atoms with Gasteiger partial charge in [0.1, 0.15) is 16.9 Å². The van der Waals surface area contributed by atoms with Gasteiger partial charge in [0.25, 0.3) is 5.56 Å². The lowest BCUT2D eigenvalue weighted by Gasteiger charge is -2.39. The molecular formula is C29H37N9O3. The van der Waals surface area contributed by atoms with Crippen molar-refractivity contribution in [2.24, 2.45) is 7.05 Å². The zero-order valence-electron chi connectivity index (χ0n) is 24.7. The number of aromatic nitrogens is 5. The number of pyridine rings is 1. The normalized spacial score (nSPS) is 13.6. The number of nitrogens with one attached hydrogen (secondary N) is 1. The number of para-hydroxylation sites is 1. The van der Waals surface area contributed by atoms with Crippen LogP contribution in [-0.2, 0) is 18.3 Å². The molecule has 0 aliphatic carbocycles. The van der Waals surface area contributed by atoms with Gasteiger partial charge in [0.05, 0.1) is 29.8 Å². The van der Waals surface area contributed by atoms with Crippen molar-refractivity contribution < 1.29 is 9.53 Å². The molecule has 12 heteroatoms. The molecule has 5 rings (SSSR count). The summed E-state index contributed by atoms with van der Waals surface area (Å²) in [6, 6.07) is 7.61. The number of amides is 1. The molecule has 0 atom stereocenters. The highest BCUT2D eigenvalue weighted by Crippen LogP contribution is 2.40. The fraction of sp³-hybridized carbons (Fsp3) is 0.414. The van der Waals surface area contributed by atoms with Crippen molar-refractivity contribution >= 4 is 45.8 Å². The first-order chi connectivity index (χ1) is 19.4. The Balaban J connectivity index is 1.46. The zero-order chi connectivity index (χ0) is 29.5. The lowest BCUT2D eigenvalue weighted by molar-refractivity contribution is 0.0580. The topological polar surface area (TPSA) is 114 Å². The van der Waals surface area contributed by atoms with Crippen LogP contribution in [0.2, 0.25) is 0 Å². The van der Waals surface area contributed by atoms with Gasteiger partial charge in [-0.15, -0.1) is 0 Å². The van der Waals surface area contributed by atoms with E-state index in [0.29, 0.717) is 30.4 Å². The second-order valence-electron chi connectivity index (χ2n) is 11.5. The van der Waals surface area contributed by atoms with E-state index in [1.54, 1.807) is 24.3 Å². The molecule has 1 amide bonds. The number of hydrogen-bond acceptors (Lipinski definition) is 9. The van der Waals surface area contributed by atoms with E-state index in [9.17, 15) is 9.59 Å². The van der Waals surface area contributed by atoms with E-state index < -0.39 is 11.7 Å². The summed E-state index contributed by atoms with van der Waals surface area (Å²) in [5, 5.41) is 8.28. The van der Waals surface area contributed by atoms with E-state index in [1.807, 2.05) is 81.8 Å². The molecule has 1 N–H and O–H groups in total. The number of aryl methyl sites for hydroxylation is 2. The van der Waals surface area contributed by atoms with E-state index >= 15 is 0 Å². The Hall–Kier alpha value is -4.45. The third-order valence-corrected chi connectivity index (χ3v) is 6.82. The van der Waals surface area contributed by atoms with Gasteiger partial charge < -0.3 is 19.9 Å². The van der Waals surface area contributed by atoms with Gasteiger partial charge in [-0.2, -0.15) is 10.1 Å². The summed E-state index contributed by atoms with van der Waals surface area (Å²) < 4.78 is 9.07. The molecule has 216 valence electrons. The van der Waals surface area contributed by atoms with E-state index in [1.165, 1.54) is 4.57 Å². The SMILES string of the molecule is Cc1cccc2c1N(C(=O)OC(C)(C)C)CCN2c1cc2cnc(Nc3cnn(CCN(C)C)c3)nc2n(C)c1=O. The first-order valence-electron chi connectivity index (χ1n) is 13.6. The zero-order valence-corrected chi connectivity index (χ0v) is 24.7. The van der Waals surface area contributed by atoms with Gasteiger partial charge in [-0.05, 0) is 59.5 Å². The number of likely N-dealkylation sites (N-methyl/N-ethyl adjacent to an activating group) is 1. The first-order valence-corrected chi connectivity index (χ1v) is 13.6. The summed E-state index contributed by atoms with van der Waals surface area (Å²) in [5.74, 6) is 0.374. The molecule has 0 radical (unpaired) electrons. The molecule has 3 aromatic heterocycles. The number of fused-ring (bicyclic) bond motifs is 2. The monoisotopic (exact) mass is 559 g/mol. The molecule has 0 bridgehead atoms. The summed E-state index contributed by atoms with van der Waals surface area (Å²) in [5.41, 5.74) is 3.36. The van der Waals surface area contributed by atoms with Gasteiger partial charge in [0, 0.05) is 44.5 Å². The van der Waals surface area contributed by atoms with Crippen LogP contribution in [0.5, 0.6) is 0 Å². The van der Waals surface area contributed by atoms with Gasteiger partial charge in [-0.1, -0.05) is 12.1 Å². The molecule has 0 saturated heterocycles. The molecule has 0 unspecified atom stereocenters. The Morgan fingerprint density at radius 3 is 2.66 bits per heavy atom. The first kappa shape index (κ1) is 28.1. The highest BCUT2D eigenvalue weighted by molar-refractivity contribution is 5.97. The molecule has 1 aliphatic rings. The highest BCUT2D eigenvalue weighted by Gasteiger charge is 2.33. The van der Waals surface area contributed by atoms with E-state index in [4.69, 9.17) is 4.74 Å². The Bertz CT molecular complexity index is 1650. The van der Waals surface area contributed by atoms with Crippen LogP contribution in [0.1, 0.15) is 26.3 Å². The molecular weight excluding hydrogens is 522 g/mol. The number of carbonyl (C=O) groups is 1. The van der Waals surface area contributed by atoms with Crippen molar-refractivity contribution in [2.45, 2.75) is 39.8 Å². The molecule has 4 heterocycles. The highest BCUT2D eigenvalue weighted by atomic mass is 16.6. The van der Waals surface area contributed by atoms with Crippen LogP contribution in [-0.4, -0.2) is 74.6 Å². The van der Waals surface area contributed by atoms with Crippen molar-refractivity contribution in [3.63, 3.8) is 0 Å². The molecule has 41 heavy (non-hydrogen) atoms. The summed E-state index contributed by atoms with van der Waals surface area (Å²) >= 11 is 0. The van der Waals surface area contributed by atoms with Gasteiger partial charge in [0.15, 0.2) is 0 Å². The molecule has 4 aromatic rings. The van der Waals surface area contributed by atoms with Crippen molar-refractivity contribution in [2.75, 3.05) is 48.8 Å². The maximum absolute atomic E-state index is 13.7. The predicted octanol–water partition coefficient (Wildman–Crippen LogP) is 4.03. The van der Waals surface area contributed by atoms with Crippen molar-refractivity contribution in [1.82, 2.24) is 29.2 Å². The van der Waals surface area contributed by atoms with Crippen molar-refractivity contribution in [3.05, 3.63) is 58.8 Å². The van der Waals surface area contributed by atoms with Crippen molar-refractivity contribution in [3.8, 4) is 0 Å². The third kappa shape index (κ3) is 5.87. The summed E-state index contributed by atoms with van der Waals surface area (Å²) in [4.78, 5) is 41.6. The molecule has 12 nitrogen and oxygen atoms in total. The summed E-state index contributed by atoms with van der Waals surface area (Å²) in [6.45, 7) is 9.93. The van der Waals surface area contributed by atoms with Crippen LogP contribution >= 0.6 is 0 Å². The van der Waals surface area contributed by atoms with E-state index in [0.717, 1.165) is 41.1 Å². The fourth-order valence-electron chi connectivity index (χ4n) is 4.86. The van der Waals surface area contributed by atoms with Crippen LogP contribution < -0.4 is 20.7 Å². The number of hydrogen-bond donors (Lipinski definition) is 1. The van der Waals surface area contributed by atoms with Gasteiger partial charge in [-0.25, -0.2) is 9.78 Å². The largest absolute Gasteiger partial charge is 0.443 e. The lowest BCUT2D eigenvalue weighted by Crippen LogP contribution is -2.46. The molecule has 0 spiro atoms. The number of benzene rings is 1. The third-order valence-electron chi connectivity index (χ3n) is 6.82. The van der Waals surface area contributed by atoms with Gasteiger partial charge >= 0.3 is 6.09 Å². The second-order valence-corrected chi connectivity index (χ2v) is 11.5.